The van der Waals surface area contributed by atoms with E-state index in [2.05, 4.69) is 5.10 Å². The smallest absolute Gasteiger partial charge is 0.399 e. The molecule has 1 atom stereocenters. The van der Waals surface area contributed by atoms with Crippen LogP contribution in [0.5, 0.6) is 0 Å². The molecule has 156 valence electrons. The van der Waals surface area contributed by atoms with Gasteiger partial charge in [-0.15, -0.1) is 0 Å². The molecule has 9 heteroatoms. The molecule has 0 saturated carbocycles. The lowest BCUT2D eigenvalue weighted by molar-refractivity contribution is -0.137. The van der Waals surface area contributed by atoms with Crippen molar-refractivity contribution in [3.63, 3.8) is 0 Å². The van der Waals surface area contributed by atoms with Gasteiger partial charge in [-0.2, -0.15) is 23.0 Å². The normalized spacial score (nSPS) is 12.6. The predicted octanol–water partition coefficient (Wildman–Crippen LogP) is 3.39. The first-order valence-electron chi connectivity index (χ1n) is 8.97. The number of halogens is 3. The van der Waals surface area contributed by atoms with Crippen LogP contribution in [0.2, 0.25) is 0 Å². The van der Waals surface area contributed by atoms with Crippen molar-refractivity contribution in [1.29, 1.82) is 0 Å². The number of benzene rings is 2. The zero-order chi connectivity index (χ0) is 22.2. The van der Waals surface area contributed by atoms with Crippen molar-refractivity contribution in [2.75, 3.05) is 5.73 Å². The molecular weight excluding hydrogens is 397 g/mol. The first-order chi connectivity index (χ1) is 14.0. The Morgan fingerprint density at radius 2 is 1.77 bits per heavy atom. The van der Waals surface area contributed by atoms with Gasteiger partial charge in [0, 0.05) is 17.2 Å². The predicted molar refractivity (Wildman–Crippen MR) is 106 cm³/mol. The topological polar surface area (TPSA) is 104 Å². The molecule has 0 bridgehead atoms. The molecule has 1 aromatic heterocycles. The summed E-state index contributed by atoms with van der Waals surface area (Å²) in [7, 11) is 0. The molecule has 1 unspecified atom stereocenters. The Kier molecular flexibility index (Phi) is 5.39. The second kappa shape index (κ2) is 7.66. The van der Waals surface area contributed by atoms with Crippen molar-refractivity contribution in [3.05, 3.63) is 86.8 Å². The van der Waals surface area contributed by atoms with Crippen LogP contribution in [0.3, 0.4) is 0 Å². The summed E-state index contributed by atoms with van der Waals surface area (Å²) >= 11 is 0. The maximum Gasteiger partial charge on any atom is 0.416 e. The molecule has 3 aromatic rings. The molecule has 0 fully saturated rings. The zero-order valence-electron chi connectivity index (χ0n) is 16.2. The molecule has 30 heavy (non-hydrogen) atoms. The van der Waals surface area contributed by atoms with E-state index < -0.39 is 29.1 Å². The number of amides is 1. The number of rotatable bonds is 4. The van der Waals surface area contributed by atoms with Crippen molar-refractivity contribution < 1.29 is 18.0 Å². The van der Waals surface area contributed by atoms with Crippen molar-refractivity contribution in [1.82, 2.24) is 9.78 Å². The van der Waals surface area contributed by atoms with E-state index in [9.17, 15) is 22.8 Å². The van der Waals surface area contributed by atoms with E-state index in [1.165, 1.54) is 13.0 Å². The Balaban J connectivity index is 2.28. The molecule has 3 rings (SSSR count). The van der Waals surface area contributed by atoms with Gasteiger partial charge in [0.1, 0.15) is 0 Å². The number of primary amides is 1. The molecule has 0 aliphatic rings. The van der Waals surface area contributed by atoms with Crippen LogP contribution in [-0.4, -0.2) is 15.7 Å². The minimum Gasteiger partial charge on any atom is -0.399 e. The minimum atomic E-state index is -4.60. The second-order valence-electron chi connectivity index (χ2n) is 6.91. The largest absolute Gasteiger partial charge is 0.416 e. The second-order valence-corrected chi connectivity index (χ2v) is 6.91. The van der Waals surface area contributed by atoms with Crippen LogP contribution < -0.4 is 17.0 Å². The van der Waals surface area contributed by atoms with E-state index in [1.54, 1.807) is 37.3 Å². The molecule has 1 amide bonds. The Morgan fingerprint density at radius 1 is 1.13 bits per heavy atom. The summed E-state index contributed by atoms with van der Waals surface area (Å²) in [6.45, 7) is 3.06. The number of alkyl halides is 3. The van der Waals surface area contributed by atoms with Crippen molar-refractivity contribution >= 4 is 11.6 Å². The van der Waals surface area contributed by atoms with E-state index in [-0.39, 0.29) is 28.1 Å². The van der Waals surface area contributed by atoms with Crippen molar-refractivity contribution in [3.8, 4) is 5.69 Å². The fraction of sp³-hybridized carbons (Fsp3) is 0.190. The van der Waals surface area contributed by atoms with Crippen molar-refractivity contribution in [2.45, 2.75) is 25.9 Å². The van der Waals surface area contributed by atoms with Gasteiger partial charge in [-0.1, -0.05) is 25.1 Å². The van der Waals surface area contributed by atoms with Crippen LogP contribution in [0, 0.1) is 6.92 Å². The van der Waals surface area contributed by atoms with Gasteiger partial charge in [-0.3, -0.25) is 9.59 Å². The van der Waals surface area contributed by atoms with Crippen LogP contribution >= 0.6 is 0 Å². The van der Waals surface area contributed by atoms with E-state index in [0.717, 1.165) is 16.8 Å². The van der Waals surface area contributed by atoms with Crippen LogP contribution in [0.1, 0.15) is 45.6 Å². The standard InChI is InChI=1S/C21H19F3N4O2/c1-11(13-8-14(21(22,23)24)10-15(25)9-13)17-12(2)18(19(26)29)27-28(20(17)30)16-6-4-3-5-7-16/h3-11H,25H2,1-2H3,(H2,26,29). The van der Waals surface area contributed by atoms with Crippen LogP contribution in [0.25, 0.3) is 5.69 Å². The molecular formula is C21H19F3N4O2. The summed E-state index contributed by atoms with van der Waals surface area (Å²) < 4.78 is 40.7. The summed E-state index contributed by atoms with van der Waals surface area (Å²) in [5.41, 5.74) is 10.3. The number of nitrogens with zero attached hydrogens (tertiary/aromatic N) is 2. The number of carbonyl (C=O) groups is 1. The zero-order valence-corrected chi connectivity index (χ0v) is 16.2. The van der Waals surface area contributed by atoms with E-state index in [4.69, 9.17) is 11.5 Å². The maximum absolute atomic E-state index is 13.2. The van der Waals surface area contributed by atoms with Crippen LogP contribution in [0.4, 0.5) is 18.9 Å². The summed E-state index contributed by atoms with van der Waals surface area (Å²) in [5, 5.41) is 4.08. The number of anilines is 1. The number of carbonyl (C=O) groups excluding carboxylic acids is 1. The summed E-state index contributed by atoms with van der Waals surface area (Å²) in [6, 6.07) is 11.5. The highest BCUT2D eigenvalue weighted by molar-refractivity contribution is 5.92. The molecule has 0 spiro atoms. The number of aromatic nitrogens is 2. The summed E-state index contributed by atoms with van der Waals surface area (Å²) in [4.78, 5) is 25.2. The number of para-hydroxylation sites is 1. The summed E-state index contributed by atoms with van der Waals surface area (Å²) in [5.74, 6) is -1.66. The Bertz CT molecular complexity index is 1170. The van der Waals surface area contributed by atoms with Crippen LogP contribution in [-0.2, 0) is 6.18 Å². The molecule has 0 aliphatic carbocycles. The SMILES string of the molecule is Cc1c(C(N)=O)nn(-c2ccccc2)c(=O)c1C(C)c1cc(N)cc(C(F)(F)F)c1. The third-order valence-electron chi connectivity index (χ3n) is 4.85. The van der Waals surface area contributed by atoms with Gasteiger partial charge in [-0.05, 0) is 48.4 Å². The lowest BCUT2D eigenvalue weighted by atomic mass is 9.89. The van der Waals surface area contributed by atoms with Crippen molar-refractivity contribution in [2.24, 2.45) is 5.73 Å². The van der Waals surface area contributed by atoms with Gasteiger partial charge in [0.05, 0.1) is 11.3 Å². The molecule has 1 heterocycles. The minimum absolute atomic E-state index is 0.0862. The maximum atomic E-state index is 13.2. The fourth-order valence-electron chi connectivity index (χ4n) is 3.37. The van der Waals surface area contributed by atoms with Gasteiger partial charge in [0.25, 0.3) is 11.5 Å². The Labute approximate surface area is 169 Å². The van der Waals surface area contributed by atoms with Gasteiger partial charge < -0.3 is 11.5 Å². The molecule has 0 aliphatic heterocycles. The van der Waals surface area contributed by atoms with Gasteiger partial charge in [-0.25, -0.2) is 0 Å². The first kappa shape index (κ1) is 21.1. The monoisotopic (exact) mass is 416 g/mol. The lowest BCUT2D eigenvalue weighted by Crippen LogP contribution is -2.32. The lowest BCUT2D eigenvalue weighted by Gasteiger charge is -2.19. The van der Waals surface area contributed by atoms with Gasteiger partial charge in [0.15, 0.2) is 5.69 Å². The first-order valence-corrected chi connectivity index (χ1v) is 8.97. The molecule has 4 N–H and O–H groups in total. The molecule has 0 saturated heterocycles. The highest BCUT2D eigenvalue weighted by Gasteiger charge is 2.32. The quantitative estimate of drug-likeness (QED) is 0.636. The van der Waals surface area contributed by atoms with E-state index >= 15 is 0 Å². The fourth-order valence-corrected chi connectivity index (χ4v) is 3.37. The van der Waals surface area contributed by atoms with E-state index in [1.807, 2.05) is 0 Å². The average Bonchev–Trinajstić information content (AvgIpc) is 2.67. The molecule has 6 nitrogen and oxygen atoms in total. The Hall–Kier alpha value is -3.62. The number of nitrogen functional groups attached to an aromatic ring is 1. The number of nitrogens with two attached hydrogens (primary N) is 2. The highest BCUT2D eigenvalue weighted by atomic mass is 19.4. The average molecular weight is 416 g/mol. The van der Waals surface area contributed by atoms with Gasteiger partial charge >= 0.3 is 6.18 Å². The van der Waals surface area contributed by atoms with Gasteiger partial charge in [0.2, 0.25) is 0 Å². The highest BCUT2D eigenvalue weighted by Crippen LogP contribution is 2.35. The number of hydrogen-bond acceptors (Lipinski definition) is 4. The number of hydrogen-bond donors (Lipinski definition) is 2. The molecule has 2 aromatic carbocycles. The summed E-state index contributed by atoms with van der Waals surface area (Å²) in [6.07, 6.45) is -4.60. The third kappa shape index (κ3) is 3.91. The third-order valence-corrected chi connectivity index (χ3v) is 4.85. The Morgan fingerprint density at radius 3 is 2.33 bits per heavy atom. The van der Waals surface area contributed by atoms with E-state index in [0.29, 0.717) is 5.69 Å². The van der Waals surface area contributed by atoms with Crippen LogP contribution in [0.15, 0.2) is 53.3 Å². The molecule has 0 radical (unpaired) electrons.